The van der Waals surface area contributed by atoms with Crippen molar-refractivity contribution in [2.75, 3.05) is 6.61 Å². The molecule has 0 unspecified atom stereocenters. The summed E-state index contributed by atoms with van der Waals surface area (Å²) in [7, 11) is 0. The first kappa shape index (κ1) is 23.4. The predicted octanol–water partition coefficient (Wildman–Crippen LogP) is 6.52. The largest absolute Gasteiger partial charge is 0.490 e. The van der Waals surface area contributed by atoms with Gasteiger partial charge in [-0.3, -0.25) is 0 Å². The molecule has 0 saturated heterocycles. The van der Waals surface area contributed by atoms with Crippen molar-refractivity contribution in [3.8, 4) is 11.5 Å². The zero-order valence-electron chi connectivity index (χ0n) is 17.5. The van der Waals surface area contributed by atoms with E-state index in [1.807, 2.05) is 31.2 Å². The highest BCUT2D eigenvalue weighted by Gasteiger charge is 2.26. The van der Waals surface area contributed by atoms with Crippen LogP contribution in [-0.2, 0) is 16.1 Å². The van der Waals surface area contributed by atoms with Crippen molar-refractivity contribution in [3.05, 3.63) is 96.9 Å². The molecule has 8 heteroatoms. The summed E-state index contributed by atoms with van der Waals surface area (Å²) in [5.41, 5.74) is 1.90. The Labute approximate surface area is 212 Å². The molecule has 33 heavy (non-hydrogen) atoms. The van der Waals surface area contributed by atoms with Gasteiger partial charge in [0.25, 0.3) is 0 Å². The number of rotatable bonds is 7. The maximum Gasteiger partial charge on any atom is 0.363 e. The van der Waals surface area contributed by atoms with Crippen molar-refractivity contribution in [1.82, 2.24) is 0 Å². The molecule has 4 rings (SSSR count). The molecule has 3 aromatic carbocycles. The van der Waals surface area contributed by atoms with E-state index in [9.17, 15) is 9.18 Å². The van der Waals surface area contributed by atoms with Gasteiger partial charge in [0.1, 0.15) is 12.4 Å². The molecule has 5 nitrogen and oxygen atoms in total. The van der Waals surface area contributed by atoms with Crippen LogP contribution in [0.15, 0.2) is 75.8 Å². The molecular weight excluding hydrogens is 604 g/mol. The number of nitrogens with zero attached hydrogens (tertiary/aromatic N) is 1. The summed E-state index contributed by atoms with van der Waals surface area (Å²) in [6.07, 6.45) is 1.56. The predicted molar refractivity (Wildman–Crippen MR) is 136 cm³/mol. The van der Waals surface area contributed by atoms with E-state index in [4.69, 9.17) is 14.2 Å². The molecule has 1 heterocycles. The van der Waals surface area contributed by atoms with Gasteiger partial charge >= 0.3 is 5.97 Å². The van der Waals surface area contributed by atoms with E-state index in [-0.39, 0.29) is 17.2 Å². The molecule has 0 bridgehead atoms. The van der Waals surface area contributed by atoms with Crippen molar-refractivity contribution in [2.45, 2.75) is 13.5 Å². The third kappa shape index (κ3) is 5.44. The minimum Gasteiger partial charge on any atom is -0.490 e. The van der Waals surface area contributed by atoms with Crippen LogP contribution in [-0.4, -0.2) is 18.5 Å². The molecule has 1 aliphatic heterocycles. The standard InChI is InChI=1S/C25H18BrFINO4/c1-2-31-22-13-15(11-18(26)23(22)32-14-16-7-3-6-10-20(16)28)12-21-25(30)33-24(29-21)17-8-4-5-9-19(17)27/h3-13H,2,14H2,1H3/b21-12-. The Morgan fingerprint density at radius 3 is 2.64 bits per heavy atom. The van der Waals surface area contributed by atoms with Gasteiger partial charge in [0, 0.05) is 9.13 Å². The van der Waals surface area contributed by atoms with Crippen LogP contribution in [0, 0.1) is 9.39 Å². The zero-order valence-corrected chi connectivity index (χ0v) is 21.2. The normalized spacial score (nSPS) is 14.2. The van der Waals surface area contributed by atoms with Gasteiger partial charge in [-0.15, -0.1) is 0 Å². The first-order chi connectivity index (χ1) is 16.0. The second-order valence-corrected chi connectivity index (χ2v) is 8.98. The smallest absolute Gasteiger partial charge is 0.363 e. The number of aliphatic imine (C=N–C) groups is 1. The average Bonchev–Trinajstić information content (AvgIpc) is 3.14. The van der Waals surface area contributed by atoms with Crippen molar-refractivity contribution in [3.63, 3.8) is 0 Å². The SMILES string of the molecule is CCOc1cc(/C=C2\N=C(c3ccccc3F)OC2=O)cc(Br)c1OCc1ccccc1I. The third-order valence-corrected chi connectivity index (χ3v) is 6.33. The number of hydrogen-bond acceptors (Lipinski definition) is 5. The Hall–Kier alpha value is -2.72. The fourth-order valence-corrected chi connectivity index (χ4v) is 4.27. The van der Waals surface area contributed by atoms with Crippen molar-refractivity contribution in [2.24, 2.45) is 4.99 Å². The van der Waals surface area contributed by atoms with E-state index in [2.05, 4.69) is 43.5 Å². The Kier molecular flexibility index (Phi) is 7.44. The Bertz CT molecular complexity index is 1280. The zero-order chi connectivity index (χ0) is 23.4. The highest BCUT2D eigenvalue weighted by atomic mass is 127. The van der Waals surface area contributed by atoms with Crippen molar-refractivity contribution in [1.29, 1.82) is 0 Å². The summed E-state index contributed by atoms with van der Waals surface area (Å²) >= 11 is 5.81. The van der Waals surface area contributed by atoms with Gasteiger partial charge in [-0.2, -0.15) is 0 Å². The summed E-state index contributed by atoms with van der Waals surface area (Å²) in [4.78, 5) is 16.5. The number of esters is 1. The second-order valence-electron chi connectivity index (χ2n) is 6.96. The van der Waals surface area contributed by atoms with E-state index in [0.29, 0.717) is 34.7 Å². The molecule has 3 aromatic rings. The highest BCUT2D eigenvalue weighted by molar-refractivity contribution is 14.1. The number of carbonyl (C=O) groups is 1. The van der Waals surface area contributed by atoms with Crippen LogP contribution >= 0.6 is 38.5 Å². The van der Waals surface area contributed by atoms with Crippen LogP contribution in [0.5, 0.6) is 11.5 Å². The number of ether oxygens (including phenoxy) is 3. The van der Waals surface area contributed by atoms with E-state index in [1.165, 1.54) is 12.1 Å². The lowest BCUT2D eigenvalue weighted by Gasteiger charge is -2.15. The van der Waals surface area contributed by atoms with Crippen LogP contribution in [0.1, 0.15) is 23.6 Å². The van der Waals surface area contributed by atoms with Crippen LogP contribution < -0.4 is 9.47 Å². The van der Waals surface area contributed by atoms with E-state index in [1.54, 1.807) is 30.3 Å². The molecule has 0 aliphatic carbocycles. The first-order valence-electron chi connectivity index (χ1n) is 10.1. The molecular formula is C25H18BrFINO4. The second kappa shape index (κ2) is 10.5. The summed E-state index contributed by atoms with van der Waals surface area (Å²) in [5, 5.41) is 0. The van der Waals surface area contributed by atoms with Gasteiger partial charge in [-0.05, 0) is 87.4 Å². The summed E-state index contributed by atoms with van der Waals surface area (Å²) in [6.45, 7) is 2.69. The summed E-state index contributed by atoms with van der Waals surface area (Å²) in [6, 6.07) is 17.5. The molecule has 0 radical (unpaired) electrons. The van der Waals surface area contributed by atoms with Gasteiger partial charge in [-0.1, -0.05) is 30.3 Å². The summed E-state index contributed by atoms with van der Waals surface area (Å²) < 4.78 is 32.8. The Morgan fingerprint density at radius 1 is 1.12 bits per heavy atom. The van der Waals surface area contributed by atoms with E-state index < -0.39 is 11.8 Å². The lowest BCUT2D eigenvalue weighted by molar-refractivity contribution is -0.129. The summed E-state index contributed by atoms with van der Waals surface area (Å²) in [5.74, 6) is -0.147. The number of benzene rings is 3. The van der Waals surface area contributed by atoms with Crippen LogP contribution in [0.4, 0.5) is 4.39 Å². The molecule has 168 valence electrons. The maximum atomic E-state index is 14.0. The quantitative estimate of drug-likeness (QED) is 0.171. The van der Waals surface area contributed by atoms with Gasteiger partial charge < -0.3 is 14.2 Å². The highest BCUT2D eigenvalue weighted by Crippen LogP contribution is 2.38. The van der Waals surface area contributed by atoms with Crippen LogP contribution in [0.2, 0.25) is 0 Å². The van der Waals surface area contributed by atoms with Gasteiger partial charge in [0.2, 0.25) is 5.90 Å². The minimum atomic E-state index is -0.652. The molecule has 0 amide bonds. The first-order valence-corrected chi connectivity index (χ1v) is 11.9. The minimum absolute atomic E-state index is 0.0640. The third-order valence-electron chi connectivity index (χ3n) is 4.69. The van der Waals surface area contributed by atoms with Crippen molar-refractivity contribution >= 4 is 56.5 Å². The lowest BCUT2D eigenvalue weighted by atomic mass is 10.1. The molecule has 0 saturated carbocycles. The molecule has 1 aliphatic rings. The fourth-order valence-electron chi connectivity index (χ4n) is 3.16. The van der Waals surface area contributed by atoms with E-state index in [0.717, 1.165) is 9.13 Å². The average molecular weight is 622 g/mol. The molecule has 0 N–H and O–H groups in total. The fraction of sp³-hybridized carbons (Fsp3) is 0.120. The number of halogens is 3. The molecule has 0 atom stereocenters. The monoisotopic (exact) mass is 621 g/mol. The number of hydrogen-bond donors (Lipinski definition) is 0. The molecule has 0 aromatic heterocycles. The van der Waals surface area contributed by atoms with Crippen molar-refractivity contribution < 1.29 is 23.4 Å². The van der Waals surface area contributed by atoms with E-state index >= 15 is 0 Å². The number of cyclic esters (lactones) is 1. The van der Waals surface area contributed by atoms with Crippen LogP contribution in [0.3, 0.4) is 0 Å². The maximum absolute atomic E-state index is 14.0. The molecule has 0 fully saturated rings. The van der Waals surface area contributed by atoms with Gasteiger partial charge in [0.15, 0.2) is 17.2 Å². The Morgan fingerprint density at radius 2 is 1.88 bits per heavy atom. The van der Waals surface area contributed by atoms with Gasteiger partial charge in [0.05, 0.1) is 16.6 Å². The lowest BCUT2D eigenvalue weighted by Crippen LogP contribution is -2.07. The molecule has 0 spiro atoms. The number of carbonyl (C=O) groups excluding carboxylic acids is 1. The Balaban J connectivity index is 1.63. The van der Waals surface area contributed by atoms with Crippen LogP contribution in [0.25, 0.3) is 6.08 Å². The van der Waals surface area contributed by atoms with Gasteiger partial charge in [-0.25, -0.2) is 14.2 Å². The topological polar surface area (TPSA) is 57.1 Å².